The Morgan fingerprint density at radius 2 is 1.85 bits per heavy atom. The molecule has 3 aromatic heterocycles. The number of rotatable bonds is 6. The van der Waals surface area contributed by atoms with E-state index in [1.807, 2.05) is 11.5 Å². The highest BCUT2D eigenvalue weighted by Crippen LogP contribution is 2.31. The molecule has 0 saturated carbocycles. The van der Waals surface area contributed by atoms with Crippen molar-refractivity contribution in [3.05, 3.63) is 84.0 Å². The second-order valence-electron chi connectivity index (χ2n) is 8.04. The van der Waals surface area contributed by atoms with Crippen molar-refractivity contribution in [1.29, 1.82) is 0 Å². The molecule has 9 heteroatoms. The minimum Gasteiger partial charge on any atom is -0.381 e. The van der Waals surface area contributed by atoms with Gasteiger partial charge in [-0.15, -0.1) is 0 Å². The van der Waals surface area contributed by atoms with Crippen molar-refractivity contribution in [1.82, 2.24) is 24.5 Å². The summed E-state index contributed by atoms with van der Waals surface area (Å²) in [6, 6.07) is 12.3. The second kappa shape index (κ2) is 9.48. The zero-order valence-electron chi connectivity index (χ0n) is 18.6. The molecular formula is C25H23FN6O2. The van der Waals surface area contributed by atoms with Gasteiger partial charge in [-0.2, -0.15) is 0 Å². The lowest BCUT2D eigenvalue weighted by Crippen LogP contribution is -2.21. The highest BCUT2D eigenvalue weighted by molar-refractivity contribution is 6.07. The third-order valence-corrected chi connectivity index (χ3v) is 5.83. The molecule has 5 rings (SSSR count). The highest BCUT2D eigenvalue weighted by atomic mass is 19.1. The Kier molecular flexibility index (Phi) is 6.09. The fourth-order valence-corrected chi connectivity index (χ4v) is 4.12. The molecule has 172 valence electrons. The molecule has 1 fully saturated rings. The summed E-state index contributed by atoms with van der Waals surface area (Å²) in [7, 11) is 0. The summed E-state index contributed by atoms with van der Waals surface area (Å²) in [5.74, 6) is 0.374. The third kappa shape index (κ3) is 4.42. The van der Waals surface area contributed by atoms with E-state index in [2.05, 4.69) is 25.3 Å². The normalized spacial score (nSPS) is 14.2. The number of nitrogens with zero attached hydrogens (tertiary/aromatic N) is 5. The number of ketones is 1. The zero-order valence-corrected chi connectivity index (χ0v) is 18.6. The number of aryl methyl sites for hydroxylation is 1. The van der Waals surface area contributed by atoms with E-state index >= 15 is 0 Å². The van der Waals surface area contributed by atoms with Gasteiger partial charge in [-0.05, 0) is 56.2 Å². The molecule has 1 aliphatic heterocycles. The number of nitrogens with one attached hydrogen (secondary N) is 1. The number of benzene rings is 1. The zero-order chi connectivity index (χ0) is 23.5. The van der Waals surface area contributed by atoms with Crippen LogP contribution in [0.4, 0.5) is 16.0 Å². The Morgan fingerprint density at radius 1 is 1.06 bits per heavy atom. The van der Waals surface area contributed by atoms with Crippen LogP contribution in [0.3, 0.4) is 0 Å². The van der Waals surface area contributed by atoms with Crippen molar-refractivity contribution in [3.63, 3.8) is 0 Å². The number of pyridine rings is 1. The van der Waals surface area contributed by atoms with Gasteiger partial charge in [-0.25, -0.2) is 19.3 Å². The van der Waals surface area contributed by atoms with Gasteiger partial charge in [0.05, 0.1) is 18.1 Å². The largest absolute Gasteiger partial charge is 0.381 e. The molecule has 0 bridgehead atoms. The maximum Gasteiger partial charge on any atom is 0.227 e. The maximum absolute atomic E-state index is 14.8. The quantitative estimate of drug-likeness (QED) is 0.425. The lowest BCUT2D eigenvalue weighted by atomic mass is 10.1. The van der Waals surface area contributed by atoms with Crippen molar-refractivity contribution < 1.29 is 13.9 Å². The molecule has 4 aromatic rings. The van der Waals surface area contributed by atoms with Crippen LogP contribution in [0.1, 0.15) is 40.8 Å². The van der Waals surface area contributed by atoms with Crippen LogP contribution in [-0.4, -0.2) is 43.5 Å². The van der Waals surface area contributed by atoms with Gasteiger partial charge in [0, 0.05) is 36.7 Å². The predicted molar refractivity (Wildman–Crippen MR) is 124 cm³/mol. The van der Waals surface area contributed by atoms with E-state index in [-0.39, 0.29) is 23.5 Å². The Morgan fingerprint density at radius 3 is 2.59 bits per heavy atom. The average Bonchev–Trinajstić information content (AvgIpc) is 3.27. The van der Waals surface area contributed by atoms with Crippen LogP contribution in [-0.2, 0) is 4.74 Å². The van der Waals surface area contributed by atoms with Gasteiger partial charge >= 0.3 is 0 Å². The number of halogens is 1. The lowest BCUT2D eigenvalue weighted by molar-refractivity contribution is 0.0694. The van der Waals surface area contributed by atoms with Crippen LogP contribution >= 0.6 is 0 Å². The molecule has 0 spiro atoms. The second-order valence-corrected chi connectivity index (χ2v) is 8.04. The van der Waals surface area contributed by atoms with Crippen LogP contribution in [0.25, 0.3) is 11.4 Å². The molecular weight excluding hydrogens is 435 g/mol. The van der Waals surface area contributed by atoms with E-state index in [4.69, 9.17) is 4.74 Å². The van der Waals surface area contributed by atoms with Crippen LogP contribution < -0.4 is 5.32 Å². The van der Waals surface area contributed by atoms with Crippen LogP contribution in [0.2, 0.25) is 0 Å². The highest BCUT2D eigenvalue weighted by Gasteiger charge is 2.23. The first-order valence-corrected chi connectivity index (χ1v) is 11.1. The van der Waals surface area contributed by atoms with Crippen LogP contribution in [0.5, 0.6) is 0 Å². The topological polar surface area (TPSA) is 94.8 Å². The number of imidazole rings is 1. The summed E-state index contributed by atoms with van der Waals surface area (Å²) in [6.45, 7) is 3.24. The number of carbonyl (C=O) groups excluding carboxylic acids is 1. The Bertz CT molecular complexity index is 1300. The first-order chi connectivity index (χ1) is 16.6. The molecule has 1 saturated heterocycles. The first-order valence-electron chi connectivity index (χ1n) is 11.1. The van der Waals surface area contributed by atoms with Crippen LogP contribution in [0, 0.1) is 12.7 Å². The van der Waals surface area contributed by atoms with Gasteiger partial charge in [0.25, 0.3) is 0 Å². The van der Waals surface area contributed by atoms with Gasteiger partial charge in [0.2, 0.25) is 11.7 Å². The molecule has 0 unspecified atom stereocenters. The maximum atomic E-state index is 14.8. The van der Waals surface area contributed by atoms with Gasteiger partial charge in [-0.1, -0.05) is 6.07 Å². The molecule has 8 nitrogen and oxygen atoms in total. The van der Waals surface area contributed by atoms with Crippen molar-refractivity contribution in [2.75, 3.05) is 18.5 Å². The van der Waals surface area contributed by atoms with E-state index in [0.717, 1.165) is 24.9 Å². The van der Waals surface area contributed by atoms with Gasteiger partial charge < -0.3 is 14.6 Å². The summed E-state index contributed by atoms with van der Waals surface area (Å²) < 4.78 is 22.3. The number of aromatic nitrogens is 5. The van der Waals surface area contributed by atoms with E-state index in [9.17, 15) is 9.18 Å². The fraction of sp³-hybridized carbons (Fsp3) is 0.240. The minimum absolute atomic E-state index is 0.163. The number of carbonyl (C=O) groups is 1. The molecule has 0 atom stereocenters. The molecule has 0 amide bonds. The van der Waals surface area contributed by atoms with Crippen molar-refractivity contribution in [2.45, 2.75) is 25.8 Å². The molecule has 1 aliphatic rings. The smallest absolute Gasteiger partial charge is 0.227 e. The van der Waals surface area contributed by atoms with Gasteiger partial charge in [-0.3, -0.25) is 9.78 Å². The predicted octanol–water partition coefficient (Wildman–Crippen LogP) is 4.51. The molecule has 0 aliphatic carbocycles. The average molecular weight is 458 g/mol. The number of hydrogen-bond acceptors (Lipinski definition) is 7. The molecule has 1 aromatic carbocycles. The Balaban J connectivity index is 1.39. The SMILES string of the molecule is Cc1ncc(-c2nc(Nc3ccc(C(=O)c4ccccn4)cc3)ncc2F)n1C1CCOCC1. The molecule has 4 heterocycles. The minimum atomic E-state index is -0.518. The molecule has 1 N–H and O–H groups in total. The van der Waals surface area contributed by atoms with E-state index in [1.165, 1.54) is 0 Å². The van der Waals surface area contributed by atoms with Gasteiger partial charge in [0.15, 0.2) is 5.82 Å². The van der Waals surface area contributed by atoms with Crippen LogP contribution in [0.15, 0.2) is 61.1 Å². The van der Waals surface area contributed by atoms with Crippen molar-refractivity contribution >= 4 is 17.4 Å². The number of ether oxygens (including phenoxy) is 1. The van der Waals surface area contributed by atoms with E-state index in [0.29, 0.717) is 35.9 Å². The number of hydrogen-bond donors (Lipinski definition) is 1. The van der Waals surface area contributed by atoms with Gasteiger partial charge in [0.1, 0.15) is 17.2 Å². The van der Waals surface area contributed by atoms with Crippen molar-refractivity contribution in [2.24, 2.45) is 0 Å². The fourth-order valence-electron chi connectivity index (χ4n) is 4.12. The van der Waals surface area contributed by atoms with Crippen molar-refractivity contribution in [3.8, 4) is 11.4 Å². The van der Waals surface area contributed by atoms with E-state index in [1.54, 1.807) is 54.9 Å². The Hall–Kier alpha value is -3.98. The first kappa shape index (κ1) is 21.8. The summed E-state index contributed by atoms with van der Waals surface area (Å²) in [4.78, 5) is 29.6. The monoisotopic (exact) mass is 458 g/mol. The summed E-state index contributed by atoms with van der Waals surface area (Å²) >= 11 is 0. The summed E-state index contributed by atoms with van der Waals surface area (Å²) in [5, 5.41) is 3.09. The number of anilines is 2. The molecule has 34 heavy (non-hydrogen) atoms. The van der Waals surface area contributed by atoms with E-state index < -0.39 is 5.82 Å². The summed E-state index contributed by atoms with van der Waals surface area (Å²) in [5.41, 5.74) is 2.37. The standard InChI is InChI=1S/C25H23FN6O2/c1-16-28-15-22(32(16)19-9-12-34-13-10-19)23-20(26)14-29-25(31-23)30-18-7-5-17(6-8-18)24(33)21-4-2-3-11-27-21/h2-8,11,14-15,19H,9-10,12-13H2,1H3,(H,29,30,31). The molecule has 0 radical (unpaired) electrons. The Labute approximate surface area is 195 Å². The summed E-state index contributed by atoms with van der Waals surface area (Å²) in [6.07, 6.45) is 6.07. The third-order valence-electron chi connectivity index (χ3n) is 5.83. The lowest BCUT2D eigenvalue weighted by Gasteiger charge is -2.26.